The molecule has 2 aliphatic carbocycles. The molecular weight excluding hydrogens is 306 g/mol. The molecule has 0 aliphatic heterocycles. The van der Waals surface area contributed by atoms with Gasteiger partial charge in [0.2, 0.25) is 0 Å². The van der Waals surface area contributed by atoms with Crippen molar-refractivity contribution in [3.63, 3.8) is 0 Å². The fraction of sp³-hybridized carbons (Fsp3) is 0.889. The van der Waals surface area contributed by atoms with Gasteiger partial charge in [-0.3, -0.25) is 0 Å². The Balaban J connectivity index is 1.69. The lowest BCUT2D eigenvalue weighted by Crippen LogP contribution is -2.51. The largest absolute Gasteiger partial charge is 0.444 e. The molecule has 24 heavy (non-hydrogen) atoms. The van der Waals surface area contributed by atoms with Crippen LogP contribution in [0.3, 0.4) is 0 Å². The summed E-state index contributed by atoms with van der Waals surface area (Å²) < 4.78 is 5.14. The summed E-state index contributed by atoms with van der Waals surface area (Å²) >= 11 is 0. The van der Waals surface area contributed by atoms with E-state index in [-0.39, 0.29) is 22.9 Å². The highest BCUT2D eigenvalue weighted by atomic mass is 16.6. The smallest absolute Gasteiger partial charge is 0.407 e. The molecular formula is C18H33N3O3. The number of hydrogen-bond acceptors (Lipinski definition) is 3. The third kappa shape index (κ3) is 3.78. The van der Waals surface area contributed by atoms with Gasteiger partial charge < -0.3 is 20.7 Å². The summed E-state index contributed by atoms with van der Waals surface area (Å²) in [4.78, 5) is 23.7. The summed E-state index contributed by atoms with van der Waals surface area (Å²) in [5.74, 6) is 0.696. The highest BCUT2D eigenvalue weighted by Gasteiger charge is 2.61. The van der Waals surface area contributed by atoms with Crippen molar-refractivity contribution in [2.24, 2.45) is 16.7 Å². The molecule has 3 N–H and O–H groups in total. The van der Waals surface area contributed by atoms with Crippen molar-refractivity contribution in [3.8, 4) is 0 Å². The first-order chi connectivity index (χ1) is 11.0. The zero-order valence-electron chi connectivity index (χ0n) is 15.9. The van der Waals surface area contributed by atoms with Crippen molar-refractivity contribution >= 4 is 12.1 Å². The maximum Gasteiger partial charge on any atom is 0.407 e. The molecule has 2 rings (SSSR count). The Bertz CT molecular complexity index is 498. The normalized spacial score (nSPS) is 30.8. The second-order valence-corrected chi connectivity index (χ2v) is 8.99. The van der Waals surface area contributed by atoms with Crippen LogP contribution in [-0.4, -0.2) is 36.9 Å². The van der Waals surface area contributed by atoms with E-state index in [1.165, 1.54) is 12.8 Å². The lowest BCUT2D eigenvalue weighted by Gasteiger charge is -2.39. The number of rotatable bonds is 4. The number of carbonyl (C=O) groups is 2. The van der Waals surface area contributed by atoms with Crippen molar-refractivity contribution in [2.75, 3.05) is 13.1 Å². The molecule has 6 nitrogen and oxygen atoms in total. The number of alkyl carbamates (subject to hydrolysis) is 1. The molecule has 3 atom stereocenters. The van der Waals surface area contributed by atoms with Crippen LogP contribution in [0, 0.1) is 16.7 Å². The van der Waals surface area contributed by atoms with Gasteiger partial charge >= 0.3 is 12.1 Å². The van der Waals surface area contributed by atoms with E-state index in [4.69, 9.17) is 4.74 Å². The Kier molecular flexibility index (Phi) is 5.07. The molecule has 0 radical (unpaired) electrons. The molecule has 0 heterocycles. The fourth-order valence-electron chi connectivity index (χ4n) is 4.29. The highest BCUT2D eigenvalue weighted by Crippen LogP contribution is 2.65. The van der Waals surface area contributed by atoms with Gasteiger partial charge in [-0.05, 0) is 56.8 Å². The van der Waals surface area contributed by atoms with Gasteiger partial charge in [0, 0.05) is 19.1 Å². The second kappa shape index (κ2) is 6.45. The number of urea groups is 1. The minimum atomic E-state index is -0.515. The molecule has 3 amide bonds. The van der Waals surface area contributed by atoms with Crippen LogP contribution in [0.1, 0.15) is 60.8 Å². The predicted molar refractivity (Wildman–Crippen MR) is 93.8 cm³/mol. The van der Waals surface area contributed by atoms with E-state index >= 15 is 0 Å². The van der Waals surface area contributed by atoms with Crippen molar-refractivity contribution in [3.05, 3.63) is 0 Å². The third-order valence-electron chi connectivity index (χ3n) is 6.18. The van der Waals surface area contributed by atoms with Crippen LogP contribution in [-0.2, 0) is 4.74 Å². The van der Waals surface area contributed by atoms with Crippen LogP contribution in [0.5, 0.6) is 0 Å². The first-order valence-electron chi connectivity index (χ1n) is 8.97. The van der Waals surface area contributed by atoms with E-state index in [1.54, 1.807) is 0 Å². The number of nitrogens with one attached hydrogen (secondary N) is 3. The first kappa shape index (κ1) is 18.9. The van der Waals surface area contributed by atoms with Crippen molar-refractivity contribution in [1.29, 1.82) is 0 Å². The molecule has 0 spiro atoms. The summed E-state index contributed by atoms with van der Waals surface area (Å²) in [6.45, 7) is 13.1. The summed E-state index contributed by atoms with van der Waals surface area (Å²) in [5.41, 5.74) is -0.0636. The highest BCUT2D eigenvalue weighted by molar-refractivity contribution is 5.74. The van der Waals surface area contributed by atoms with Gasteiger partial charge in [-0.2, -0.15) is 0 Å². The number of fused-ring (bicyclic) bond motifs is 2. The van der Waals surface area contributed by atoms with Gasteiger partial charge in [-0.25, -0.2) is 9.59 Å². The van der Waals surface area contributed by atoms with Gasteiger partial charge in [0.25, 0.3) is 0 Å². The van der Waals surface area contributed by atoms with Crippen LogP contribution < -0.4 is 16.0 Å². The van der Waals surface area contributed by atoms with E-state index in [0.717, 1.165) is 6.42 Å². The molecule has 2 fully saturated rings. The lowest BCUT2D eigenvalue weighted by atomic mass is 9.69. The van der Waals surface area contributed by atoms with E-state index in [1.807, 2.05) is 20.8 Å². The third-order valence-corrected chi connectivity index (χ3v) is 6.18. The number of ether oxygens (including phenoxy) is 1. The molecule has 0 saturated heterocycles. The fourth-order valence-corrected chi connectivity index (χ4v) is 4.29. The molecule has 2 aliphatic rings. The molecule has 0 aromatic rings. The summed E-state index contributed by atoms with van der Waals surface area (Å²) in [7, 11) is 0. The molecule has 6 heteroatoms. The number of hydrogen-bond donors (Lipinski definition) is 3. The van der Waals surface area contributed by atoms with Gasteiger partial charge in [-0.1, -0.05) is 20.8 Å². The van der Waals surface area contributed by atoms with E-state index in [2.05, 4.69) is 36.7 Å². The molecule has 0 aromatic heterocycles. The number of carbonyl (C=O) groups excluding carboxylic acids is 2. The topological polar surface area (TPSA) is 79.5 Å². The zero-order chi connectivity index (χ0) is 18.2. The maximum absolute atomic E-state index is 12.1. The van der Waals surface area contributed by atoms with Crippen LogP contribution in [0.2, 0.25) is 0 Å². The second-order valence-electron chi connectivity index (χ2n) is 8.99. The molecule has 3 unspecified atom stereocenters. The van der Waals surface area contributed by atoms with Crippen LogP contribution >= 0.6 is 0 Å². The zero-order valence-corrected chi connectivity index (χ0v) is 15.9. The van der Waals surface area contributed by atoms with Crippen molar-refractivity contribution < 1.29 is 14.3 Å². The van der Waals surface area contributed by atoms with E-state index < -0.39 is 11.7 Å². The summed E-state index contributed by atoms with van der Waals surface area (Å²) in [6, 6.07) is 0.0700. The van der Waals surface area contributed by atoms with Crippen molar-refractivity contribution in [1.82, 2.24) is 16.0 Å². The van der Waals surface area contributed by atoms with E-state index in [9.17, 15) is 9.59 Å². The molecule has 2 bridgehead atoms. The minimum absolute atomic E-state index is 0.157. The molecule has 2 saturated carbocycles. The first-order valence-corrected chi connectivity index (χ1v) is 8.97. The van der Waals surface area contributed by atoms with E-state index in [0.29, 0.717) is 19.0 Å². The summed E-state index contributed by atoms with van der Waals surface area (Å²) in [5, 5.41) is 8.58. The standard InChI is InChI=1S/C18H33N3O3/c1-16(2,3)24-15(23)20-10-9-19-14(22)21-13-11-12-7-8-18(13,6)17(12,4)5/h12-13H,7-11H2,1-6H3,(H,20,23)(H2,19,21,22). The lowest BCUT2D eigenvalue weighted by molar-refractivity contribution is 0.0528. The van der Waals surface area contributed by atoms with Gasteiger partial charge in [0.15, 0.2) is 0 Å². The SMILES string of the molecule is CC(C)(C)OC(=O)NCCNC(=O)NC1CC2CCC1(C)C2(C)C. The van der Waals surface area contributed by atoms with Crippen LogP contribution in [0.4, 0.5) is 9.59 Å². The maximum atomic E-state index is 12.1. The Morgan fingerprint density at radius 2 is 1.75 bits per heavy atom. The minimum Gasteiger partial charge on any atom is -0.444 e. The predicted octanol–water partition coefficient (Wildman–Crippen LogP) is 3.03. The monoisotopic (exact) mass is 339 g/mol. The van der Waals surface area contributed by atoms with Crippen LogP contribution in [0.15, 0.2) is 0 Å². The summed E-state index contributed by atoms with van der Waals surface area (Å²) in [6.07, 6.45) is 3.04. The van der Waals surface area contributed by atoms with Crippen LogP contribution in [0.25, 0.3) is 0 Å². The average Bonchev–Trinajstić information content (AvgIpc) is 2.75. The Morgan fingerprint density at radius 3 is 2.25 bits per heavy atom. The Hall–Kier alpha value is -1.46. The average molecular weight is 339 g/mol. The molecule has 138 valence electrons. The Labute approximate surface area is 145 Å². The van der Waals surface area contributed by atoms with Crippen molar-refractivity contribution in [2.45, 2.75) is 72.4 Å². The quantitative estimate of drug-likeness (QED) is 0.689. The molecule has 0 aromatic carbocycles. The van der Waals surface area contributed by atoms with Gasteiger partial charge in [-0.15, -0.1) is 0 Å². The number of amides is 3. The Morgan fingerprint density at radius 1 is 1.12 bits per heavy atom. The van der Waals surface area contributed by atoms with Gasteiger partial charge in [0.1, 0.15) is 5.60 Å². The van der Waals surface area contributed by atoms with Gasteiger partial charge in [0.05, 0.1) is 0 Å².